The minimum Gasteiger partial charge on any atom is -0.325 e. The molecule has 2 aromatic carbocycles. The van der Waals surface area contributed by atoms with Crippen LogP contribution < -0.4 is 10.9 Å². The van der Waals surface area contributed by atoms with Gasteiger partial charge >= 0.3 is 0 Å². The number of para-hydroxylation sites is 1. The number of fused-ring (bicyclic) bond motifs is 1. The maximum Gasteiger partial charge on any atom is 0.261 e. The average molecular weight is 367 g/mol. The summed E-state index contributed by atoms with van der Waals surface area (Å²) in [7, 11) is 1.69. The summed E-state index contributed by atoms with van der Waals surface area (Å²) < 4.78 is 1.51. The SMILES string of the molecule is CCC(Sc1nc2ccccc2c(=O)n1C)C(=O)Nc1ccc(C)cc1. The Hall–Kier alpha value is -2.60. The lowest BCUT2D eigenvalue weighted by Gasteiger charge is -2.16. The zero-order valence-electron chi connectivity index (χ0n) is 15.0. The van der Waals surface area contributed by atoms with Crippen LogP contribution in [0.15, 0.2) is 58.5 Å². The highest BCUT2D eigenvalue weighted by Crippen LogP contribution is 2.25. The molecule has 1 amide bonds. The van der Waals surface area contributed by atoms with Crippen molar-refractivity contribution in [2.75, 3.05) is 5.32 Å². The molecule has 1 unspecified atom stereocenters. The lowest BCUT2D eigenvalue weighted by Crippen LogP contribution is -2.27. The van der Waals surface area contributed by atoms with E-state index in [4.69, 9.17) is 0 Å². The van der Waals surface area contributed by atoms with Gasteiger partial charge in [0.05, 0.1) is 16.2 Å². The summed E-state index contributed by atoms with van der Waals surface area (Å²) in [5, 5.41) is 3.72. The third kappa shape index (κ3) is 3.80. The molecular formula is C20H21N3O2S. The lowest BCUT2D eigenvalue weighted by molar-refractivity contribution is -0.115. The summed E-state index contributed by atoms with van der Waals surface area (Å²) in [6, 6.07) is 14.9. The average Bonchev–Trinajstić information content (AvgIpc) is 2.65. The van der Waals surface area contributed by atoms with Crippen LogP contribution >= 0.6 is 11.8 Å². The second-order valence-corrected chi connectivity index (χ2v) is 7.32. The van der Waals surface area contributed by atoms with E-state index in [-0.39, 0.29) is 16.7 Å². The number of carbonyl (C=O) groups excluding carboxylic acids is 1. The number of nitrogens with one attached hydrogen (secondary N) is 1. The molecule has 0 saturated heterocycles. The van der Waals surface area contributed by atoms with E-state index in [1.165, 1.54) is 16.3 Å². The maximum atomic E-state index is 12.6. The Morgan fingerprint density at radius 1 is 1.19 bits per heavy atom. The first kappa shape index (κ1) is 18.2. The van der Waals surface area contributed by atoms with Crippen molar-refractivity contribution in [1.29, 1.82) is 0 Å². The predicted octanol–water partition coefficient (Wildman–Crippen LogP) is 3.75. The minimum atomic E-state index is -0.337. The molecule has 3 rings (SSSR count). The van der Waals surface area contributed by atoms with Crippen LogP contribution in [0.4, 0.5) is 5.69 Å². The molecule has 134 valence electrons. The van der Waals surface area contributed by atoms with E-state index in [2.05, 4.69) is 10.3 Å². The van der Waals surface area contributed by atoms with Crippen molar-refractivity contribution < 1.29 is 4.79 Å². The molecule has 6 heteroatoms. The van der Waals surface area contributed by atoms with Crippen molar-refractivity contribution in [3.63, 3.8) is 0 Å². The summed E-state index contributed by atoms with van der Waals surface area (Å²) >= 11 is 1.31. The zero-order valence-corrected chi connectivity index (χ0v) is 15.8. The second-order valence-electron chi connectivity index (χ2n) is 6.15. The fraction of sp³-hybridized carbons (Fsp3) is 0.250. The first-order valence-electron chi connectivity index (χ1n) is 8.49. The lowest BCUT2D eigenvalue weighted by atomic mass is 10.2. The Balaban J connectivity index is 1.84. The minimum absolute atomic E-state index is 0.0937. The third-order valence-electron chi connectivity index (χ3n) is 4.17. The van der Waals surface area contributed by atoms with E-state index in [0.29, 0.717) is 22.5 Å². The van der Waals surface area contributed by atoms with Crippen molar-refractivity contribution >= 4 is 34.3 Å². The molecule has 0 saturated carbocycles. The van der Waals surface area contributed by atoms with Crippen molar-refractivity contribution in [3.8, 4) is 0 Å². The number of benzene rings is 2. The summed E-state index contributed by atoms with van der Waals surface area (Å²) in [6.07, 6.45) is 0.630. The molecule has 0 aliphatic rings. The number of carbonyl (C=O) groups is 1. The molecule has 3 aromatic rings. The van der Waals surface area contributed by atoms with Gasteiger partial charge in [-0.25, -0.2) is 4.98 Å². The number of thioether (sulfide) groups is 1. The second kappa shape index (κ2) is 7.74. The van der Waals surface area contributed by atoms with Crippen LogP contribution in [0.1, 0.15) is 18.9 Å². The van der Waals surface area contributed by atoms with Crippen molar-refractivity contribution in [2.45, 2.75) is 30.7 Å². The Morgan fingerprint density at radius 2 is 1.88 bits per heavy atom. The van der Waals surface area contributed by atoms with Gasteiger partial charge in [0.2, 0.25) is 5.91 Å². The van der Waals surface area contributed by atoms with E-state index < -0.39 is 0 Å². The topological polar surface area (TPSA) is 64.0 Å². The maximum absolute atomic E-state index is 12.6. The molecule has 0 spiro atoms. The summed E-state index contributed by atoms with van der Waals surface area (Å²) in [4.78, 5) is 29.7. The molecule has 0 aliphatic heterocycles. The number of nitrogens with zero attached hydrogens (tertiary/aromatic N) is 2. The number of hydrogen-bond donors (Lipinski definition) is 1. The van der Waals surface area contributed by atoms with Gasteiger partial charge in [-0.05, 0) is 37.6 Å². The number of hydrogen-bond acceptors (Lipinski definition) is 4. The largest absolute Gasteiger partial charge is 0.325 e. The molecule has 1 heterocycles. The molecule has 0 aliphatic carbocycles. The number of amides is 1. The predicted molar refractivity (Wildman–Crippen MR) is 107 cm³/mol. The van der Waals surface area contributed by atoms with E-state index in [1.807, 2.05) is 56.3 Å². The fourth-order valence-electron chi connectivity index (χ4n) is 2.61. The fourth-order valence-corrected chi connectivity index (χ4v) is 3.59. The van der Waals surface area contributed by atoms with Gasteiger partial charge < -0.3 is 5.32 Å². The number of aromatic nitrogens is 2. The summed E-state index contributed by atoms with van der Waals surface area (Å²) in [5.41, 5.74) is 2.44. The molecular weight excluding hydrogens is 346 g/mol. The van der Waals surface area contributed by atoms with Gasteiger partial charge in [0.15, 0.2) is 5.16 Å². The summed E-state index contributed by atoms with van der Waals surface area (Å²) in [5.74, 6) is -0.0937. The zero-order chi connectivity index (χ0) is 18.7. The molecule has 0 fully saturated rings. The van der Waals surface area contributed by atoms with Crippen LogP contribution in [-0.2, 0) is 11.8 Å². The number of anilines is 1. The molecule has 1 aromatic heterocycles. The van der Waals surface area contributed by atoms with Crippen molar-refractivity contribution in [1.82, 2.24) is 9.55 Å². The Morgan fingerprint density at radius 3 is 2.58 bits per heavy atom. The highest BCUT2D eigenvalue weighted by molar-refractivity contribution is 8.00. The van der Waals surface area contributed by atoms with Gasteiger partial charge in [-0.3, -0.25) is 14.2 Å². The van der Waals surface area contributed by atoms with Gasteiger partial charge in [0, 0.05) is 12.7 Å². The van der Waals surface area contributed by atoms with E-state index in [9.17, 15) is 9.59 Å². The molecule has 0 bridgehead atoms. The van der Waals surface area contributed by atoms with Crippen LogP contribution in [0.5, 0.6) is 0 Å². The van der Waals surface area contributed by atoms with Gasteiger partial charge in [-0.2, -0.15) is 0 Å². The third-order valence-corrected chi connectivity index (χ3v) is 5.58. The summed E-state index contributed by atoms with van der Waals surface area (Å²) in [6.45, 7) is 3.95. The van der Waals surface area contributed by atoms with E-state index in [0.717, 1.165) is 11.3 Å². The van der Waals surface area contributed by atoms with Crippen LogP contribution in [0.2, 0.25) is 0 Å². The highest BCUT2D eigenvalue weighted by Gasteiger charge is 2.21. The molecule has 0 radical (unpaired) electrons. The van der Waals surface area contributed by atoms with Crippen molar-refractivity contribution in [2.24, 2.45) is 7.05 Å². The Labute approximate surface area is 156 Å². The van der Waals surface area contributed by atoms with E-state index >= 15 is 0 Å². The molecule has 1 N–H and O–H groups in total. The first-order chi connectivity index (χ1) is 12.5. The van der Waals surface area contributed by atoms with Gasteiger partial charge in [-0.1, -0.05) is 48.5 Å². The normalized spacial score (nSPS) is 12.1. The standard InChI is InChI=1S/C20H21N3O2S/c1-4-17(18(24)21-14-11-9-13(2)10-12-14)26-20-22-16-8-6-5-7-15(16)19(25)23(20)3/h5-12,17H,4H2,1-3H3,(H,21,24). The van der Waals surface area contributed by atoms with E-state index in [1.54, 1.807) is 13.1 Å². The van der Waals surface area contributed by atoms with Crippen LogP contribution in [0.3, 0.4) is 0 Å². The van der Waals surface area contributed by atoms with Gasteiger partial charge in [0.1, 0.15) is 0 Å². The quantitative estimate of drug-likeness (QED) is 0.551. The van der Waals surface area contributed by atoms with Crippen molar-refractivity contribution in [3.05, 3.63) is 64.4 Å². The smallest absolute Gasteiger partial charge is 0.261 e. The molecule has 5 nitrogen and oxygen atoms in total. The van der Waals surface area contributed by atoms with Crippen LogP contribution in [0.25, 0.3) is 10.9 Å². The monoisotopic (exact) mass is 367 g/mol. The number of rotatable bonds is 5. The molecule has 26 heavy (non-hydrogen) atoms. The Bertz CT molecular complexity index is 996. The van der Waals surface area contributed by atoms with Gasteiger partial charge in [-0.15, -0.1) is 0 Å². The first-order valence-corrected chi connectivity index (χ1v) is 9.37. The number of aryl methyl sites for hydroxylation is 1. The molecule has 1 atom stereocenters. The van der Waals surface area contributed by atoms with Gasteiger partial charge in [0.25, 0.3) is 5.56 Å². The Kier molecular flexibility index (Phi) is 5.42. The van der Waals surface area contributed by atoms with Crippen LogP contribution in [-0.4, -0.2) is 20.7 Å². The van der Waals surface area contributed by atoms with Crippen LogP contribution in [0, 0.1) is 6.92 Å². The highest BCUT2D eigenvalue weighted by atomic mass is 32.2.